The van der Waals surface area contributed by atoms with Crippen molar-refractivity contribution >= 4 is 11.9 Å². The largest absolute Gasteiger partial charge is 0.466 e. The number of amides is 1. The fourth-order valence-electron chi connectivity index (χ4n) is 8.28. The van der Waals surface area contributed by atoms with E-state index in [1.807, 2.05) is 0 Å². The molecular formula is C55H105NO5. The molecule has 0 fully saturated rings. The number of hydrogen-bond donors (Lipinski definition) is 3. The van der Waals surface area contributed by atoms with E-state index in [9.17, 15) is 19.8 Å². The van der Waals surface area contributed by atoms with Gasteiger partial charge in [0.25, 0.3) is 0 Å². The maximum atomic E-state index is 12.4. The number of unbranched alkanes of at least 4 members (excludes halogenated alkanes) is 35. The lowest BCUT2D eigenvalue weighted by atomic mass is 10.0. The Balaban J connectivity index is 3.47. The number of allylic oxidation sites excluding steroid dienone is 4. The van der Waals surface area contributed by atoms with Gasteiger partial charge >= 0.3 is 5.97 Å². The zero-order valence-corrected chi connectivity index (χ0v) is 40.9. The van der Waals surface area contributed by atoms with Crippen LogP contribution in [0.15, 0.2) is 24.3 Å². The molecule has 0 heterocycles. The Morgan fingerprint density at radius 3 is 1.16 bits per heavy atom. The third-order valence-corrected chi connectivity index (χ3v) is 12.5. The van der Waals surface area contributed by atoms with Gasteiger partial charge in [-0.15, -0.1) is 0 Å². The van der Waals surface area contributed by atoms with Crippen molar-refractivity contribution in [1.29, 1.82) is 0 Å². The van der Waals surface area contributed by atoms with Gasteiger partial charge < -0.3 is 20.3 Å². The van der Waals surface area contributed by atoms with Crippen LogP contribution in [0.2, 0.25) is 0 Å². The monoisotopic (exact) mass is 860 g/mol. The molecule has 0 spiro atoms. The SMILES string of the molecule is CCCCCCCCC/C=C\CCCCCCCC(=O)OCCCCCC/C=C\CCCCCCCCCC(=O)NC(CO)C(O)CCCCCCCCCCCCCCC. The van der Waals surface area contributed by atoms with Gasteiger partial charge in [-0.1, -0.05) is 224 Å². The molecule has 0 aromatic carbocycles. The highest BCUT2D eigenvalue weighted by Crippen LogP contribution is 2.16. The van der Waals surface area contributed by atoms with Crippen molar-refractivity contribution in [3.8, 4) is 0 Å². The summed E-state index contributed by atoms with van der Waals surface area (Å²) in [5, 5.41) is 23.2. The van der Waals surface area contributed by atoms with Crippen molar-refractivity contribution in [2.45, 2.75) is 302 Å². The Hall–Kier alpha value is -1.66. The minimum absolute atomic E-state index is 0.0175. The van der Waals surface area contributed by atoms with Crippen molar-refractivity contribution in [1.82, 2.24) is 5.32 Å². The molecule has 6 heteroatoms. The first-order chi connectivity index (χ1) is 30.0. The number of carbonyl (C=O) groups excluding carboxylic acids is 2. The minimum Gasteiger partial charge on any atom is -0.466 e. The number of esters is 1. The van der Waals surface area contributed by atoms with Crippen LogP contribution in [-0.4, -0.2) is 47.4 Å². The van der Waals surface area contributed by atoms with E-state index >= 15 is 0 Å². The molecule has 0 aliphatic rings. The molecular weight excluding hydrogens is 755 g/mol. The number of aliphatic hydroxyl groups is 2. The van der Waals surface area contributed by atoms with E-state index in [0.717, 1.165) is 70.6 Å². The molecule has 2 unspecified atom stereocenters. The normalized spacial score (nSPS) is 12.8. The van der Waals surface area contributed by atoms with Crippen LogP contribution in [0.5, 0.6) is 0 Å². The molecule has 0 saturated carbocycles. The van der Waals surface area contributed by atoms with E-state index in [-0.39, 0.29) is 18.5 Å². The van der Waals surface area contributed by atoms with Crippen LogP contribution in [0.25, 0.3) is 0 Å². The van der Waals surface area contributed by atoms with Crippen LogP contribution in [0.1, 0.15) is 290 Å². The summed E-state index contributed by atoms with van der Waals surface area (Å²) in [6.07, 6.45) is 60.1. The van der Waals surface area contributed by atoms with Crippen molar-refractivity contribution in [2.75, 3.05) is 13.2 Å². The molecule has 6 nitrogen and oxygen atoms in total. The standard InChI is InChI=1S/C55H105NO5/c1-3-5-7-9-11-13-15-17-18-21-25-29-33-37-41-45-49-55(60)61-50-46-42-38-34-30-26-22-19-20-24-28-32-36-40-44-48-54(59)56-52(51-57)53(58)47-43-39-35-31-27-23-16-14-12-10-8-6-4-2/h18,21-22,26,52-53,57-58H,3-17,19-20,23-25,27-51H2,1-2H3,(H,56,59)/b21-18-,26-22-. The predicted molar refractivity (Wildman–Crippen MR) is 264 cm³/mol. The minimum atomic E-state index is -0.673. The van der Waals surface area contributed by atoms with E-state index in [2.05, 4.69) is 43.5 Å². The second-order valence-electron chi connectivity index (χ2n) is 18.6. The Morgan fingerprint density at radius 1 is 0.443 bits per heavy atom. The number of hydrogen-bond acceptors (Lipinski definition) is 5. The average Bonchev–Trinajstić information content (AvgIpc) is 3.26. The Bertz CT molecular complexity index is 951. The first-order valence-electron chi connectivity index (χ1n) is 27.1. The fourth-order valence-corrected chi connectivity index (χ4v) is 8.28. The summed E-state index contributed by atoms with van der Waals surface area (Å²) in [6, 6.07) is -0.552. The number of aliphatic hydroxyl groups excluding tert-OH is 2. The molecule has 1 amide bonds. The first-order valence-corrected chi connectivity index (χ1v) is 27.1. The lowest BCUT2D eigenvalue weighted by Gasteiger charge is -2.22. The average molecular weight is 860 g/mol. The van der Waals surface area contributed by atoms with Gasteiger partial charge in [0.1, 0.15) is 0 Å². The molecule has 0 saturated heterocycles. The molecule has 3 N–H and O–H groups in total. The second-order valence-corrected chi connectivity index (χ2v) is 18.6. The topological polar surface area (TPSA) is 95.9 Å². The maximum absolute atomic E-state index is 12.4. The Kier molecular flexibility index (Phi) is 49.6. The number of rotatable bonds is 50. The van der Waals surface area contributed by atoms with E-state index in [4.69, 9.17) is 4.74 Å². The summed E-state index contributed by atoms with van der Waals surface area (Å²) >= 11 is 0. The Labute approximate surface area is 380 Å². The van der Waals surface area contributed by atoms with Crippen molar-refractivity contribution in [3.05, 3.63) is 24.3 Å². The third kappa shape index (κ3) is 47.7. The van der Waals surface area contributed by atoms with Crippen LogP contribution < -0.4 is 5.32 Å². The van der Waals surface area contributed by atoms with Crippen LogP contribution in [0.4, 0.5) is 0 Å². The van der Waals surface area contributed by atoms with Gasteiger partial charge in [0.2, 0.25) is 5.91 Å². The zero-order valence-electron chi connectivity index (χ0n) is 40.9. The molecule has 0 aliphatic heterocycles. The van der Waals surface area contributed by atoms with Gasteiger partial charge in [0.15, 0.2) is 0 Å². The summed E-state index contributed by atoms with van der Waals surface area (Å²) in [5.41, 5.74) is 0. The summed E-state index contributed by atoms with van der Waals surface area (Å²) < 4.78 is 5.46. The third-order valence-electron chi connectivity index (χ3n) is 12.5. The van der Waals surface area contributed by atoms with Gasteiger partial charge in [-0.25, -0.2) is 0 Å². The van der Waals surface area contributed by atoms with E-state index < -0.39 is 12.1 Å². The van der Waals surface area contributed by atoms with Gasteiger partial charge in [0, 0.05) is 12.8 Å². The van der Waals surface area contributed by atoms with Gasteiger partial charge in [-0.05, 0) is 77.0 Å². The number of ether oxygens (including phenoxy) is 1. The summed E-state index contributed by atoms with van der Waals surface area (Å²) in [4.78, 5) is 24.5. The first kappa shape index (κ1) is 59.3. The van der Waals surface area contributed by atoms with Crippen molar-refractivity contribution < 1.29 is 24.5 Å². The number of nitrogens with one attached hydrogen (secondary N) is 1. The molecule has 0 radical (unpaired) electrons. The zero-order chi connectivity index (χ0) is 44.4. The lowest BCUT2D eigenvalue weighted by molar-refractivity contribution is -0.143. The molecule has 360 valence electrons. The van der Waals surface area contributed by atoms with Crippen LogP contribution in [0.3, 0.4) is 0 Å². The van der Waals surface area contributed by atoms with E-state index in [1.165, 1.54) is 186 Å². The van der Waals surface area contributed by atoms with Crippen molar-refractivity contribution in [2.24, 2.45) is 0 Å². The predicted octanol–water partition coefficient (Wildman–Crippen LogP) is 16.3. The smallest absolute Gasteiger partial charge is 0.305 e. The van der Waals surface area contributed by atoms with Crippen LogP contribution in [-0.2, 0) is 14.3 Å². The van der Waals surface area contributed by atoms with Crippen LogP contribution >= 0.6 is 0 Å². The van der Waals surface area contributed by atoms with E-state index in [0.29, 0.717) is 25.9 Å². The van der Waals surface area contributed by atoms with Crippen LogP contribution in [0, 0.1) is 0 Å². The molecule has 0 aliphatic carbocycles. The molecule has 2 atom stereocenters. The maximum Gasteiger partial charge on any atom is 0.305 e. The molecule has 61 heavy (non-hydrogen) atoms. The second kappa shape index (κ2) is 51.0. The van der Waals surface area contributed by atoms with Gasteiger partial charge in [-0.2, -0.15) is 0 Å². The summed E-state index contributed by atoms with van der Waals surface area (Å²) in [5.74, 6) is -0.0680. The lowest BCUT2D eigenvalue weighted by Crippen LogP contribution is -2.45. The highest BCUT2D eigenvalue weighted by molar-refractivity contribution is 5.76. The molecule has 0 aromatic rings. The highest BCUT2D eigenvalue weighted by Gasteiger charge is 2.20. The van der Waals surface area contributed by atoms with E-state index in [1.54, 1.807) is 0 Å². The molecule has 0 aromatic heterocycles. The summed E-state index contributed by atoms with van der Waals surface area (Å²) in [7, 11) is 0. The molecule has 0 bridgehead atoms. The fraction of sp³-hybridized carbons (Fsp3) is 0.891. The van der Waals surface area contributed by atoms with Gasteiger partial charge in [0.05, 0.1) is 25.4 Å². The number of carbonyl (C=O) groups is 2. The highest BCUT2D eigenvalue weighted by atomic mass is 16.5. The quantitative estimate of drug-likeness (QED) is 0.0322. The Morgan fingerprint density at radius 2 is 0.770 bits per heavy atom. The van der Waals surface area contributed by atoms with Gasteiger partial charge in [-0.3, -0.25) is 9.59 Å². The molecule has 0 rings (SSSR count). The summed E-state index contributed by atoms with van der Waals surface area (Å²) in [6.45, 7) is 4.91. The van der Waals surface area contributed by atoms with Crippen molar-refractivity contribution in [3.63, 3.8) is 0 Å².